The van der Waals surface area contributed by atoms with Crippen LogP contribution in [0.15, 0.2) is 22.2 Å². The summed E-state index contributed by atoms with van der Waals surface area (Å²) < 4.78 is 7.52. The summed E-state index contributed by atoms with van der Waals surface area (Å²) >= 11 is 10.1. The second-order valence-electron chi connectivity index (χ2n) is 11.2. The third-order valence-electron chi connectivity index (χ3n) is 6.75. The van der Waals surface area contributed by atoms with Crippen LogP contribution in [0.1, 0.15) is 80.1 Å². The molecule has 0 atom stereocenters. The van der Waals surface area contributed by atoms with Gasteiger partial charge in [0, 0.05) is 58.1 Å². The molecule has 2 heterocycles. The number of ketones is 2. The Morgan fingerprint density at radius 3 is 1.75 bits per heavy atom. The van der Waals surface area contributed by atoms with Crippen molar-refractivity contribution in [1.82, 2.24) is 18.3 Å². The van der Waals surface area contributed by atoms with Crippen molar-refractivity contribution in [3.63, 3.8) is 0 Å². The summed E-state index contributed by atoms with van der Waals surface area (Å²) in [6.45, 7) is 14.3. The van der Waals surface area contributed by atoms with Crippen LogP contribution in [0.2, 0.25) is 0 Å². The fraction of sp³-hybridized carbons (Fsp3) is 0.692. The van der Waals surface area contributed by atoms with E-state index in [1.807, 2.05) is 43.0 Å². The standard InChI is InChI=1S/C26H42N4O4S2/c1-7-27-15-21(33)29(23(27)34)17-25(3,4)13-11-19(31)9-10-20(32)12-14-26(5,6)18-30-22(35)16-28(8-2)24(30)36/h15-16,33,35H,7-14,17-18H2,1-6H3. The van der Waals surface area contributed by atoms with Crippen molar-refractivity contribution < 1.29 is 14.7 Å². The Morgan fingerprint density at radius 2 is 1.33 bits per heavy atom. The molecule has 1 N–H and O–H groups in total. The molecule has 0 saturated carbocycles. The van der Waals surface area contributed by atoms with Crippen LogP contribution >= 0.6 is 24.8 Å². The highest BCUT2D eigenvalue weighted by Crippen LogP contribution is 2.29. The average molecular weight is 539 g/mol. The molecule has 2 aromatic rings. The zero-order valence-corrected chi connectivity index (χ0v) is 24.3. The lowest BCUT2D eigenvalue weighted by Crippen LogP contribution is -2.30. The highest BCUT2D eigenvalue weighted by Gasteiger charge is 2.25. The quantitative estimate of drug-likeness (QED) is 0.239. The first-order valence-corrected chi connectivity index (χ1v) is 13.6. The van der Waals surface area contributed by atoms with Crippen LogP contribution in [0.4, 0.5) is 0 Å². The second kappa shape index (κ2) is 12.4. The zero-order valence-electron chi connectivity index (χ0n) is 22.5. The van der Waals surface area contributed by atoms with Crippen molar-refractivity contribution in [2.45, 2.75) is 111 Å². The molecule has 0 aromatic carbocycles. The van der Waals surface area contributed by atoms with E-state index in [2.05, 4.69) is 26.5 Å². The monoisotopic (exact) mass is 538 g/mol. The van der Waals surface area contributed by atoms with E-state index in [1.54, 1.807) is 0 Å². The van der Waals surface area contributed by atoms with Crippen LogP contribution in [-0.4, -0.2) is 34.9 Å². The van der Waals surface area contributed by atoms with Crippen molar-refractivity contribution in [3.05, 3.63) is 27.6 Å². The predicted octanol–water partition coefficient (Wildman–Crippen LogP) is 5.25. The minimum absolute atomic E-state index is 0.0466. The van der Waals surface area contributed by atoms with E-state index in [0.29, 0.717) is 45.3 Å². The Kier molecular flexibility index (Phi) is 10.4. The number of hydrogen-bond acceptors (Lipinski definition) is 6. The van der Waals surface area contributed by atoms with E-state index in [-0.39, 0.29) is 46.8 Å². The van der Waals surface area contributed by atoms with Gasteiger partial charge in [-0.1, -0.05) is 27.7 Å². The van der Waals surface area contributed by atoms with E-state index in [9.17, 15) is 19.5 Å². The first-order chi connectivity index (χ1) is 16.7. The molecule has 0 unspecified atom stereocenters. The van der Waals surface area contributed by atoms with Crippen LogP contribution < -0.4 is 5.69 Å². The number of carbonyl (C=O) groups excluding carboxylic acids is 2. The van der Waals surface area contributed by atoms with Gasteiger partial charge in [0.15, 0.2) is 4.77 Å². The predicted molar refractivity (Wildman–Crippen MR) is 147 cm³/mol. The van der Waals surface area contributed by atoms with Gasteiger partial charge in [-0.15, -0.1) is 12.6 Å². The molecule has 0 bridgehead atoms. The third kappa shape index (κ3) is 8.23. The summed E-state index contributed by atoms with van der Waals surface area (Å²) in [5.74, 6) is 0.0739. The minimum Gasteiger partial charge on any atom is -0.493 e. The molecule has 10 heteroatoms. The largest absolute Gasteiger partial charge is 0.493 e. The van der Waals surface area contributed by atoms with Gasteiger partial charge in [0.1, 0.15) is 11.6 Å². The molecule has 0 spiro atoms. The van der Waals surface area contributed by atoms with E-state index in [1.165, 1.54) is 15.3 Å². The maximum Gasteiger partial charge on any atom is 0.331 e. The molecule has 8 nitrogen and oxygen atoms in total. The average Bonchev–Trinajstić information content (AvgIpc) is 3.23. The van der Waals surface area contributed by atoms with Crippen LogP contribution in [0.25, 0.3) is 0 Å². The van der Waals surface area contributed by atoms with E-state index in [4.69, 9.17) is 12.2 Å². The lowest BCUT2D eigenvalue weighted by atomic mass is 9.85. The number of aryl methyl sites for hydroxylation is 2. The number of aromatic nitrogens is 4. The van der Waals surface area contributed by atoms with Crippen molar-refractivity contribution in [3.8, 4) is 5.88 Å². The molecule has 0 aliphatic heterocycles. The summed E-state index contributed by atoms with van der Waals surface area (Å²) in [4.78, 5) is 37.3. The molecular formula is C26H42N4O4S2. The van der Waals surface area contributed by atoms with Gasteiger partial charge in [0.2, 0.25) is 5.88 Å². The van der Waals surface area contributed by atoms with Gasteiger partial charge >= 0.3 is 5.69 Å². The number of aromatic hydroxyl groups is 1. The molecule has 2 aromatic heterocycles. The SMILES string of the molecule is CCn1cc(O)n(CC(C)(C)CCC(=O)CCC(=O)CCC(C)(C)Cn2c(S)cn(CC)c2=S)c1=O. The van der Waals surface area contributed by atoms with E-state index >= 15 is 0 Å². The van der Waals surface area contributed by atoms with Gasteiger partial charge in [0.25, 0.3) is 0 Å². The van der Waals surface area contributed by atoms with Crippen LogP contribution in [-0.2, 0) is 35.8 Å². The minimum atomic E-state index is -0.352. The Bertz CT molecular complexity index is 1090. The number of nitrogens with zero attached hydrogens (tertiary/aromatic N) is 4. The Hall–Kier alpha value is -2.07. The lowest BCUT2D eigenvalue weighted by molar-refractivity contribution is -0.124. The van der Waals surface area contributed by atoms with Gasteiger partial charge in [-0.2, -0.15) is 0 Å². The zero-order chi connectivity index (χ0) is 27.3. The van der Waals surface area contributed by atoms with E-state index in [0.717, 1.165) is 16.3 Å². The van der Waals surface area contributed by atoms with Crippen molar-refractivity contribution in [2.24, 2.45) is 10.8 Å². The van der Waals surface area contributed by atoms with Crippen molar-refractivity contribution in [1.29, 1.82) is 0 Å². The number of thiol groups is 1. The molecule has 0 aliphatic rings. The summed E-state index contributed by atoms with van der Waals surface area (Å²) in [5, 5.41) is 10.9. The Balaban J connectivity index is 1.79. The Labute approximate surface area is 224 Å². The highest BCUT2D eigenvalue weighted by atomic mass is 32.1. The summed E-state index contributed by atoms with van der Waals surface area (Å²) in [6, 6.07) is 0. The molecule has 0 fully saturated rings. The lowest BCUT2D eigenvalue weighted by Gasteiger charge is -2.25. The Morgan fingerprint density at radius 1 is 0.861 bits per heavy atom. The van der Waals surface area contributed by atoms with Gasteiger partial charge in [-0.25, -0.2) is 4.79 Å². The number of imidazole rings is 2. The molecule has 2 rings (SSSR count). The van der Waals surface area contributed by atoms with Crippen LogP contribution in [0, 0.1) is 15.6 Å². The third-order valence-corrected chi connectivity index (χ3v) is 7.56. The molecule has 202 valence electrons. The second-order valence-corrected chi connectivity index (χ2v) is 12.0. The molecule has 0 amide bonds. The maximum atomic E-state index is 12.5. The van der Waals surface area contributed by atoms with Gasteiger partial charge in [0.05, 0.1) is 11.2 Å². The van der Waals surface area contributed by atoms with Gasteiger partial charge in [-0.05, 0) is 49.7 Å². The van der Waals surface area contributed by atoms with Crippen LogP contribution in [0.3, 0.4) is 0 Å². The molecule has 0 aliphatic carbocycles. The smallest absolute Gasteiger partial charge is 0.331 e. The number of Topliss-reactive ketones (excluding diaryl/α,β-unsaturated/α-hetero) is 2. The summed E-state index contributed by atoms with van der Waals surface area (Å²) in [5.41, 5.74) is -0.743. The first kappa shape index (κ1) is 30.2. The molecule has 0 saturated heterocycles. The number of rotatable bonds is 15. The van der Waals surface area contributed by atoms with Gasteiger partial charge in [-0.3, -0.25) is 18.7 Å². The summed E-state index contributed by atoms with van der Waals surface area (Å²) in [7, 11) is 0. The highest BCUT2D eigenvalue weighted by molar-refractivity contribution is 7.80. The maximum absolute atomic E-state index is 12.5. The number of carbonyl (C=O) groups is 2. The molecule has 36 heavy (non-hydrogen) atoms. The van der Waals surface area contributed by atoms with Crippen molar-refractivity contribution in [2.75, 3.05) is 0 Å². The van der Waals surface area contributed by atoms with Crippen molar-refractivity contribution >= 4 is 36.4 Å². The molecule has 0 radical (unpaired) electrons. The normalized spacial score (nSPS) is 12.3. The fourth-order valence-electron chi connectivity index (χ4n) is 4.28. The van der Waals surface area contributed by atoms with E-state index < -0.39 is 0 Å². The number of hydrogen-bond donors (Lipinski definition) is 2. The molecular weight excluding hydrogens is 496 g/mol. The summed E-state index contributed by atoms with van der Waals surface area (Å²) in [6.07, 6.45) is 5.89. The van der Waals surface area contributed by atoms with Gasteiger partial charge < -0.3 is 14.2 Å². The first-order valence-electron chi connectivity index (χ1n) is 12.7. The van der Waals surface area contributed by atoms with Crippen LogP contribution in [0.5, 0.6) is 5.88 Å². The topological polar surface area (TPSA) is 91.2 Å². The fourth-order valence-corrected chi connectivity index (χ4v) is 5.00.